The molecular weight excluding hydrogens is 627 g/mol. The fourth-order valence-corrected chi connectivity index (χ4v) is 9.22. The van der Waals surface area contributed by atoms with Crippen LogP contribution in [-0.2, 0) is 6.42 Å². The van der Waals surface area contributed by atoms with Crippen molar-refractivity contribution in [2.24, 2.45) is 0 Å². The van der Waals surface area contributed by atoms with Crippen molar-refractivity contribution in [3.63, 3.8) is 0 Å². The average molecular weight is 662 g/mol. The van der Waals surface area contributed by atoms with E-state index in [4.69, 9.17) is 0 Å². The van der Waals surface area contributed by atoms with Gasteiger partial charge in [0.05, 0.1) is 11.0 Å². The fraction of sp³-hybridized carbons (Fsp3) is 0.0588. The minimum absolute atomic E-state index is 0.357. The first kappa shape index (κ1) is 29.3. The third-order valence-corrected chi connectivity index (χ3v) is 11.6. The SMILES string of the molecule is c1ccc2c(c1)CCC(c1ccc(-n3c4ccccc4c4cc(-c5ccc6c7ccccc7c7ccccc7c6c5)ccc43)cc1)c1ccccc1-2. The van der Waals surface area contributed by atoms with E-state index in [0.29, 0.717) is 5.92 Å². The molecule has 1 nitrogen and oxygen atoms in total. The zero-order valence-electron chi connectivity index (χ0n) is 28.8. The van der Waals surface area contributed by atoms with E-state index in [1.165, 1.54) is 98.8 Å². The summed E-state index contributed by atoms with van der Waals surface area (Å²) in [5.41, 5.74) is 13.1. The minimum Gasteiger partial charge on any atom is -0.309 e. The van der Waals surface area contributed by atoms with Gasteiger partial charge in [-0.1, -0.05) is 146 Å². The number of nitrogens with zero attached hydrogens (tertiary/aromatic N) is 1. The smallest absolute Gasteiger partial charge is 0.0541 e. The van der Waals surface area contributed by atoms with Crippen LogP contribution in [0.4, 0.5) is 0 Å². The van der Waals surface area contributed by atoms with Gasteiger partial charge in [0.25, 0.3) is 0 Å². The first-order valence-corrected chi connectivity index (χ1v) is 18.4. The van der Waals surface area contributed by atoms with Crippen molar-refractivity contribution < 1.29 is 0 Å². The van der Waals surface area contributed by atoms with E-state index in [2.05, 4.69) is 187 Å². The normalized spacial score (nSPS) is 14.2. The summed E-state index contributed by atoms with van der Waals surface area (Å²) in [6.45, 7) is 0. The Kier molecular flexibility index (Phi) is 6.51. The quantitative estimate of drug-likeness (QED) is 0.166. The standard InChI is InChI=1S/C51H35N/c1-2-12-38-33(11-1)23-28-39(41-14-4-3-13-40(38)41)34-21-26-37(27-22-34)52-50-20-10-9-19-47(50)49-32-36(25-30-51(49)52)35-24-29-46-44-17-6-5-15-42(44)43-16-7-8-18-45(43)48(46)31-35/h1-22,24-27,29-32,39H,23,28H2. The summed E-state index contributed by atoms with van der Waals surface area (Å²) in [4.78, 5) is 0. The Morgan fingerprint density at radius 2 is 0.923 bits per heavy atom. The third-order valence-electron chi connectivity index (χ3n) is 11.6. The summed E-state index contributed by atoms with van der Waals surface area (Å²) >= 11 is 0. The molecule has 10 aromatic rings. The second-order valence-corrected chi connectivity index (χ2v) is 14.4. The zero-order valence-corrected chi connectivity index (χ0v) is 28.8. The summed E-state index contributed by atoms with van der Waals surface area (Å²) in [7, 11) is 0. The monoisotopic (exact) mass is 661 g/mol. The molecule has 0 saturated carbocycles. The molecule has 0 amide bonds. The first-order chi connectivity index (χ1) is 25.8. The van der Waals surface area contributed by atoms with Crippen molar-refractivity contribution in [2.75, 3.05) is 0 Å². The molecule has 0 spiro atoms. The lowest BCUT2D eigenvalue weighted by Gasteiger charge is -2.19. The number of aryl methyl sites for hydroxylation is 1. The average Bonchev–Trinajstić information content (AvgIpc) is 3.45. The molecule has 0 N–H and O–H groups in total. The summed E-state index contributed by atoms with van der Waals surface area (Å²) in [6.07, 6.45) is 2.18. The molecule has 1 aliphatic rings. The molecule has 1 aliphatic carbocycles. The summed E-state index contributed by atoms with van der Waals surface area (Å²) in [5.74, 6) is 0.357. The maximum absolute atomic E-state index is 2.44. The second kappa shape index (κ2) is 11.5. The molecule has 0 saturated heterocycles. The van der Waals surface area contributed by atoms with Gasteiger partial charge in [-0.05, 0) is 121 Å². The summed E-state index contributed by atoms with van der Waals surface area (Å²) in [6, 6.07) is 67.8. The highest BCUT2D eigenvalue weighted by Crippen LogP contribution is 2.43. The maximum atomic E-state index is 2.44. The molecule has 0 fully saturated rings. The number of hydrogen-bond acceptors (Lipinski definition) is 0. The summed E-state index contributed by atoms with van der Waals surface area (Å²) in [5, 5.41) is 10.4. The molecule has 1 unspecified atom stereocenters. The van der Waals surface area contributed by atoms with Crippen LogP contribution in [-0.4, -0.2) is 4.57 Å². The molecule has 1 heterocycles. The van der Waals surface area contributed by atoms with Crippen LogP contribution in [0.3, 0.4) is 0 Å². The molecule has 11 rings (SSSR count). The molecule has 0 aliphatic heterocycles. The highest BCUT2D eigenvalue weighted by Gasteiger charge is 2.23. The minimum atomic E-state index is 0.357. The first-order valence-electron chi connectivity index (χ1n) is 18.4. The van der Waals surface area contributed by atoms with Crippen molar-refractivity contribution in [3.05, 3.63) is 199 Å². The van der Waals surface area contributed by atoms with E-state index in [9.17, 15) is 0 Å². The number of aromatic nitrogens is 1. The van der Waals surface area contributed by atoms with Crippen molar-refractivity contribution in [1.82, 2.24) is 4.57 Å². The largest absolute Gasteiger partial charge is 0.309 e. The second-order valence-electron chi connectivity index (χ2n) is 14.4. The van der Waals surface area contributed by atoms with Gasteiger partial charge in [-0.2, -0.15) is 0 Å². The highest BCUT2D eigenvalue weighted by molar-refractivity contribution is 6.25. The van der Waals surface area contributed by atoms with Gasteiger partial charge in [0.15, 0.2) is 0 Å². The van der Waals surface area contributed by atoms with Gasteiger partial charge in [0.1, 0.15) is 0 Å². The van der Waals surface area contributed by atoms with Crippen LogP contribution < -0.4 is 0 Å². The van der Waals surface area contributed by atoms with Gasteiger partial charge in [-0.15, -0.1) is 0 Å². The van der Waals surface area contributed by atoms with Crippen LogP contribution in [0.25, 0.3) is 82.1 Å². The van der Waals surface area contributed by atoms with Crippen LogP contribution in [0.5, 0.6) is 0 Å². The Morgan fingerprint density at radius 1 is 0.385 bits per heavy atom. The van der Waals surface area contributed by atoms with Crippen molar-refractivity contribution >= 4 is 54.1 Å². The molecule has 0 radical (unpaired) electrons. The van der Waals surface area contributed by atoms with Gasteiger partial charge in [0, 0.05) is 22.4 Å². The van der Waals surface area contributed by atoms with E-state index in [1.807, 2.05) is 0 Å². The molecule has 1 heteroatoms. The molecule has 244 valence electrons. The van der Waals surface area contributed by atoms with E-state index in [-0.39, 0.29) is 0 Å². The van der Waals surface area contributed by atoms with Crippen molar-refractivity contribution in [3.8, 4) is 27.9 Å². The Hall–Kier alpha value is -6.44. The van der Waals surface area contributed by atoms with Crippen LogP contribution in [0, 0.1) is 0 Å². The summed E-state index contributed by atoms with van der Waals surface area (Å²) < 4.78 is 2.44. The Balaban J connectivity index is 1.02. The van der Waals surface area contributed by atoms with Crippen LogP contribution in [0.2, 0.25) is 0 Å². The molecule has 52 heavy (non-hydrogen) atoms. The fourth-order valence-electron chi connectivity index (χ4n) is 9.22. The van der Waals surface area contributed by atoms with Crippen LogP contribution >= 0.6 is 0 Å². The Morgan fingerprint density at radius 3 is 1.67 bits per heavy atom. The van der Waals surface area contributed by atoms with Gasteiger partial charge in [-0.3, -0.25) is 0 Å². The van der Waals surface area contributed by atoms with Gasteiger partial charge < -0.3 is 4.57 Å². The predicted octanol–water partition coefficient (Wildman–Crippen LogP) is 13.7. The number of benzene rings is 9. The number of fused-ring (bicyclic) bond motifs is 12. The van der Waals surface area contributed by atoms with Crippen LogP contribution in [0.15, 0.2) is 182 Å². The van der Waals surface area contributed by atoms with E-state index < -0.39 is 0 Å². The molecule has 9 aromatic carbocycles. The molecule has 1 aromatic heterocycles. The Bertz CT molecular complexity index is 2980. The lowest BCUT2D eigenvalue weighted by Crippen LogP contribution is -2.03. The number of rotatable bonds is 3. The van der Waals surface area contributed by atoms with Crippen molar-refractivity contribution in [2.45, 2.75) is 18.8 Å². The number of hydrogen-bond donors (Lipinski definition) is 0. The van der Waals surface area contributed by atoms with Crippen molar-refractivity contribution in [1.29, 1.82) is 0 Å². The van der Waals surface area contributed by atoms with E-state index in [0.717, 1.165) is 12.8 Å². The van der Waals surface area contributed by atoms with Gasteiger partial charge in [0.2, 0.25) is 0 Å². The predicted molar refractivity (Wildman–Crippen MR) is 221 cm³/mol. The zero-order chi connectivity index (χ0) is 34.2. The molecule has 1 atom stereocenters. The molecular formula is C51H35N. The van der Waals surface area contributed by atoms with E-state index in [1.54, 1.807) is 0 Å². The lowest BCUT2D eigenvalue weighted by atomic mass is 9.86. The lowest BCUT2D eigenvalue weighted by molar-refractivity contribution is 0.725. The third kappa shape index (κ3) is 4.42. The number of para-hydroxylation sites is 1. The van der Waals surface area contributed by atoms with Gasteiger partial charge in [-0.25, -0.2) is 0 Å². The maximum Gasteiger partial charge on any atom is 0.0541 e. The van der Waals surface area contributed by atoms with Gasteiger partial charge >= 0.3 is 0 Å². The van der Waals surface area contributed by atoms with Crippen LogP contribution in [0.1, 0.15) is 29.0 Å². The molecule has 0 bridgehead atoms. The highest BCUT2D eigenvalue weighted by atomic mass is 15.0. The van der Waals surface area contributed by atoms with E-state index >= 15 is 0 Å². The Labute approximate surface area is 303 Å². The topological polar surface area (TPSA) is 4.93 Å².